The summed E-state index contributed by atoms with van der Waals surface area (Å²) >= 11 is 3.28. The van der Waals surface area contributed by atoms with Crippen LogP contribution in [0.3, 0.4) is 0 Å². The van der Waals surface area contributed by atoms with Crippen LogP contribution in [-0.4, -0.2) is 40.9 Å². The standard InChI is InChI=1S/C12H15BrO6/c1-15-6-18-8-4-9(13)11(12(14)17-3)10(5-8)19-7-16-2/h4-5H,6-7H2,1-3H3. The fourth-order valence-electron chi connectivity index (χ4n) is 1.30. The summed E-state index contributed by atoms with van der Waals surface area (Å²) in [4.78, 5) is 11.7. The van der Waals surface area contributed by atoms with Crippen molar-refractivity contribution in [1.82, 2.24) is 0 Å². The van der Waals surface area contributed by atoms with E-state index in [0.29, 0.717) is 16.0 Å². The molecule has 0 unspecified atom stereocenters. The lowest BCUT2D eigenvalue weighted by Crippen LogP contribution is -2.09. The molecule has 1 aromatic carbocycles. The Morgan fingerprint density at radius 1 is 1.11 bits per heavy atom. The molecule has 7 heteroatoms. The fraction of sp³-hybridized carbons (Fsp3) is 0.417. The van der Waals surface area contributed by atoms with Crippen LogP contribution in [-0.2, 0) is 14.2 Å². The monoisotopic (exact) mass is 334 g/mol. The van der Waals surface area contributed by atoms with Crippen molar-refractivity contribution < 1.29 is 28.5 Å². The number of esters is 1. The zero-order valence-corrected chi connectivity index (χ0v) is 12.5. The quantitative estimate of drug-likeness (QED) is 0.562. The maximum Gasteiger partial charge on any atom is 0.342 e. The molecule has 19 heavy (non-hydrogen) atoms. The van der Waals surface area contributed by atoms with E-state index in [4.69, 9.17) is 23.7 Å². The van der Waals surface area contributed by atoms with Crippen LogP contribution in [0.2, 0.25) is 0 Å². The highest BCUT2D eigenvalue weighted by Crippen LogP contribution is 2.33. The lowest BCUT2D eigenvalue weighted by Gasteiger charge is -2.13. The lowest BCUT2D eigenvalue weighted by molar-refractivity contribution is 0.0433. The smallest absolute Gasteiger partial charge is 0.342 e. The van der Waals surface area contributed by atoms with E-state index >= 15 is 0 Å². The van der Waals surface area contributed by atoms with Gasteiger partial charge < -0.3 is 23.7 Å². The van der Waals surface area contributed by atoms with E-state index in [1.807, 2.05) is 0 Å². The van der Waals surface area contributed by atoms with E-state index in [1.54, 1.807) is 12.1 Å². The Labute approximate surface area is 119 Å². The minimum atomic E-state index is -0.517. The van der Waals surface area contributed by atoms with Crippen molar-refractivity contribution in [2.24, 2.45) is 0 Å². The average Bonchev–Trinajstić information content (AvgIpc) is 2.41. The zero-order chi connectivity index (χ0) is 14.3. The second kappa shape index (κ2) is 7.98. The summed E-state index contributed by atoms with van der Waals surface area (Å²) in [6, 6.07) is 3.19. The predicted molar refractivity (Wildman–Crippen MR) is 70.5 cm³/mol. The number of halogens is 1. The van der Waals surface area contributed by atoms with Crippen LogP contribution in [0.1, 0.15) is 10.4 Å². The lowest BCUT2D eigenvalue weighted by atomic mass is 10.2. The highest BCUT2D eigenvalue weighted by atomic mass is 79.9. The second-order valence-corrected chi connectivity index (χ2v) is 4.23. The normalized spacial score (nSPS) is 10.1. The number of methoxy groups -OCH3 is 3. The Balaban J connectivity index is 3.10. The molecule has 106 valence electrons. The number of carbonyl (C=O) groups is 1. The third-order valence-electron chi connectivity index (χ3n) is 2.09. The van der Waals surface area contributed by atoms with Gasteiger partial charge in [-0.3, -0.25) is 0 Å². The topological polar surface area (TPSA) is 63.2 Å². The molecule has 0 atom stereocenters. The first-order valence-electron chi connectivity index (χ1n) is 5.29. The van der Waals surface area contributed by atoms with Crippen molar-refractivity contribution >= 4 is 21.9 Å². The van der Waals surface area contributed by atoms with Gasteiger partial charge >= 0.3 is 5.97 Å². The first-order valence-corrected chi connectivity index (χ1v) is 6.08. The molecule has 0 aliphatic carbocycles. The van der Waals surface area contributed by atoms with Crippen molar-refractivity contribution in [3.8, 4) is 11.5 Å². The predicted octanol–water partition coefficient (Wildman–Crippen LogP) is 2.20. The molecule has 6 nitrogen and oxygen atoms in total. The van der Waals surface area contributed by atoms with Gasteiger partial charge in [0.25, 0.3) is 0 Å². The van der Waals surface area contributed by atoms with Gasteiger partial charge in [-0.25, -0.2) is 4.79 Å². The summed E-state index contributed by atoms with van der Waals surface area (Å²) < 4.78 is 25.5. The molecule has 1 aromatic rings. The summed E-state index contributed by atoms with van der Waals surface area (Å²) in [5.74, 6) is 0.276. The van der Waals surface area contributed by atoms with Gasteiger partial charge in [0.05, 0.1) is 7.11 Å². The number of ether oxygens (including phenoxy) is 5. The molecule has 0 heterocycles. The van der Waals surface area contributed by atoms with Crippen molar-refractivity contribution in [1.29, 1.82) is 0 Å². The summed E-state index contributed by atoms with van der Waals surface area (Å²) in [6.45, 7) is 0.0951. The highest BCUT2D eigenvalue weighted by molar-refractivity contribution is 9.10. The van der Waals surface area contributed by atoms with Gasteiger partial charge in [-0.05, 0) is 22.0 Å². The molecule has 0 saturated heterocycles. The van der Waals surface area contributed by atoms with Crippen LogP contribution in [0.5, 0.6) is 11.5 Å². The molecular weight excluding hydrogens is 320 g/mol. The average molecular weight is 335 g/mol. The molecular formula is C12H15BrO6. The van der Waals surface area contributed by atoms with Crippen LogP contribution in [0.25, 0.3) is 0 Å². The number of benzene rings is 1. The molecule has 0 aliphatic rings. The van der Waals surface area contributed by atoms with Crippen molar-refractivity contribution in [3.63, 3.8) is 0 Å². The summed E-state index contributed by atoms with van der Waals surface area (Å²) in [7, 11) is 4.29. The second-order valence-electron chi connectivity index (χ2n) is 3.37. The summed E-state index contributed by atoms with van der Waals surface area (Å²) in [5.41, 5.74) is 0.268. The van der Waals surface area contributed by atoms with E-state index in [1.165, 1.54) is 21.3 Å². The van der Waals surface area contributed by atoms with Crippen LogP contribution < -0.4 is 9.47 Å². The first-order chi connectivity index (χ1) is 9.13. The zero-order valence-electron chi connectivity index (χ0n) is 10.9. The summed E-state index contributed by atoms with van der Waals surface area (Å²) in [6.07, 6.45) is 0. The van der Waals surface area contributed by atoms with E-state index in [2.05, 4.69) is 15.9 Å². The molecule has 0 N–H and O–H groups in total. The highest BCUT2D eigenvalue weighted by Gasteiger charge is 2.19. The maximum atomic E-state index is 11.7. The number of hydrogen-bond acceptors (Lipinski definition) is 6. The van der Waals surface area contributed by atoms with Gasteiger partial charge in [0.2, 0.25) is 0 Å². The Hall–Kier alpha value is -1.31. The van der Waals surface area contributed by atoms with Crippen LogP contribution in [0.15, 0.2) is 16.6 Å². The van der Waals surface area contributed by atoms with Gasteiger partial charge in [0.1, 0.15) is 17.1 Å². The minimum absolute atomic E-state index is 0.00413. The number of hydrogen-bond donors (Lipinski definition) is 0. The Morgan fingerprint density at radius 2 is 1.74 bits per heavy atom. The van der Waals surface area contributed by atoms with Crippen LogP contribution in [0.4, 0.5) is 0 Å². The molecule has 0 fully saturated rings. The molecule has 0 amide bonds. The fourth-order valence-corrected chi connectivity index (χ4v) is 1.89. The van der Waals surface area contributed by atoms with Gasteiger partial charge in [-0.2, -0.15) is 0 Å². The molecule has 0 saturated carbocycles. The number of rotatable bonds is 7. The SMILES string of the molecule is COCOc1cc(Br)c(C(=O)OC)c(OCOC)c1. The van der Waals surface area contributed by atoms with Crippen LogP contribution in [0, 0.1) is 0 Å². The molecule has 0 bridgehead atoms. The number of carbonyl (C=O) groups excluding carboxylic acids is 1. The third-order valence-corrected chi connectivity index (χ3v) is 2.72. The largest absolute Gasteiger partial charge is 0.467 e. The van der Waals surface area contributed by atoms with Crippen molar-refractivity contribution in [2.45, 2.75) is 0 Å². The minimum Gasteiger partial charge on any atom is -0.467 e. The van der Waals surface area contributed by atoms with Gasteiger partial charge in [-0.1, -0.05) is 0 Å². The van der Waals surface area contributed by atoms with Gasteiger partial charge in [-0.15, -0.1) is 0 Å². The molecule has 0 aromatic heterocycles. The molecule has 0 radical (unpaired) electrons. The van der Waals surface area contributed by atoms with Crippen molar-refractivity contribution in [2.75, 3.05) is 34.9 Å². The van der Waals surface area contributed by atoms with E-state index in [0.717, 1.165) is 0 Å². The maximum absolute atomic E-state index is 11.7. The Kier molecular flexibility index (Phi) is 6.61. The molecule has 1 rings (SSSR count). The van der Waals surface area contributed by atoms with E-state index in [-0.39, 0.29) is 19.1 Å². The van der Waals surface area contributed by atoms with Crippen molar-refractivity contribution in [3.05, 3.63) is 22.2 Å². The third kappa shape index (κ3) is 4.38. The Morgan fingerprint density at radius 3 is 2.32 bits per heavy atom. The van der Waals surface area contributed by atoms with E-state index < -0.39 is 5.97 Å². The van der Waals surface area contributed by atoms with Crippen LogP contribution >= 0.6 is 15.9 Å². The van der Waals surface area contributed by atoms with Gasteiger partial charge in [0.15, 0.2) is 13.6 Å². The first kappa shape index (κ1) is 15.7. The Bertz CT molecular complexity index is 434. The van der Waals surface area contributed by atoms with Gasteiger partial charge in [0, 0.05) is 24.8 Å². The summed E-state index contributed by atoms with van der Waals surface area (Å²) in [5, 5.41) is 0. The molecule has 0 spiro atoms. The molecule has 0 aliphatic heterocycles. The van der Waals surface area contributed by atoms with E-state index in [9.17, 15) is 4.79 Å².